The number of amides is 1. The van der Waals surface area contributed by atoms with Gasteiger partial charge in [0.05, 0.1) is 40.8 Å². The molecule has 2 unspecified atom stereocenters. The molecule has 1 saturated heterocycles. The molecule has 2 aromatic heterocycles. The fraction of sp³-hybridized carbons (Fsp3) is 0.471. The van der Waals surface area contributed by atoms with Gasteiger partial charge in [-0.3, -0.25) is 9.59 Å². The van der Waals surface area contributed by atoms with Crippen molar-refractivity contribution in [1.29, 1.82) is 0 Å². The maximum atomic E-state index is 14.4. The number of hydrogen-bond donors (Lipinski definition) is 0. The summed E-state index contributed by atoms with van der Waals surface area (Å²) in [5.74, 6) is -0.803. The monoisotopic (exact) mass is 615 g/mol. The first-order valence-electron chi connectivity index (χ1n) is 8.74. The van der Waals surface area contributed by atoms with Crippen molar-refractivity contribution in [2.45, 2.75) is 25.9 Å². The van der Waals surface area contributed by atoms with Crippen molar-refractivity contribution in [2.75, 3.05) is 36.1 Å². The summed E-state index contributed by atoms with van der Waals surface area (Å²) in [6, 6.07) is 0.905. The molecule has 1 amide bonds. The Balaban J connectivity index is 2.09. The predicted molar refractivity (Wildman–Crippen MR) is 120 cm³/mol. The number of nitrogens with zero attached hydrogens (tertiary/aromatic N) is 5. The van der Waals surface area contributed by atoms with Crippen LogP contribution < -0.4 is 15.4 Å². The Morgan fingerprint density at radius 3 is 2.64 bits per heavy atom. The number of anilines is 2. The van der Waals surface area contributed by atoms with Gasteiger partial charge in [-0.1, -0.05) is 0 Å². The first kappa shape index (κ1) is 20.2. The molecule has 7 nitrogen and oxygen atoms in total. The summed E-state index contributed by atoms with van der Waals surface area (Å²) in [6.07, 6.45) is 0. The van der Waals surface area contributed by atoms with Crippen molar-refractivity contribution >= 4 is 74.0 Å². The minimum atomic E-state index is -0.776. The van der Waals surface area contributed by atoms with Gasteiger partial charge >= 0.3 is 0 Å². The fourth-order valence-corrected chi connectivity index (χ4v) is 4.99. The van der Waals surface area contributed by atoms with Crippen LogP contribution in [0.15, 0.2) is 10.9 Å². The minimum absolute atomic E-state index is 0.0972. The molecule has 0 N–H and O–H groups in total. The summed E-state index contributed by atoms with van der Waals surface area (Å²) >= 11 is 3.97. The number of piperazine rings is 1. The maximum absolute atomic E-state index is 14.4. The van der Waals surface area contributed by atoms with E-state index in [-0.39, 0.29) is 29.9 Å². The third kappa shape index (κ3) is 2.91. The SMILES string of the molecule is Cc1nc2c(cc1F)c1c(c(=O)n2I)N(CCF)C(=O)C2CN(I)C(C)CN12. The Morgan fingerprint density at radius 2 is 1.96 bits per heavy atom. The lowest BCUT2D eigenvalue weighted by Crippen LogP contribution is -2.64. The highest BCUT2D eigenvalue weighted by molar-refractivity contribution is 14.1. The predicted octanol–water partition coefficient (Wildman–Crippen LogP) is 2.59. The van der Waals surface area contributed by atoms with Gasteiger partial charge in [0.2, 0.25) is 0 Å². The Hall–Kier alpha value is -1.09. The molecule has 2 atom stereocenters. The Kier molecular flexibility index (Phi) is 5.27. The normalized spacial score (nSPS) is 22.6. The molecule has 0 radical (unpaired) electrons. The molecule has 0 bridgehead atoms. The average molecular weight is 615 g/mol. The molecule has 0 saturated carbocycles. The van der Waals surface area contributed by atoms with Crippen LogP contribution in [0, 0.1) is 12.7 Å². The van der Waals surface area contributed by atoms with E-state index in [4.69, 9.17) is 0 Å². The van der Waals surface area contributed by atoms with E-state index in [1.165, 1.54) is 20.7 Å². The number of rotatable bonds is 2. The van der Waals surface area contributed by atoms with Crippen molar-refractivity contribution in [2.24, 2.45) is 0 Å². The van der Waals surface area contributed by atoms with Crippen molar-refractivity contribution < 1.29 is 13.6 Å². The van der Waals surface area contributed by atoms with Gasteiger partial charge in [-0.05, 0) is 19.9 Å². The number of carbonyl (C=O) groups is 1. The second-order valence-electron chi connectivity index (χ2n) is 6.99. The molecular weight excluding hydrogens is 598 g/mol. The Labute approximate surface area is 187 Å². The highest BCUT2D eigenvalue weighted by atomic mass is 127. The summed E-state index contributed by atoms with van der Waals surface area (Å²) in [4.78, 5) is 33.6. The first-order valence-corrected chi connectivity index (χ1v) is 10.7. The number of pyridine rings is 2. The second kappa shape index (κ2) is 7.31. The smallest absolute Gasteiger partial charge is 0.287 e. The van der Waals surface area contributed by atoms with Crippen molar-refractivity contribution in [3.8, 4) is 0 Å². The number of fused-ring (bicyclic) bond motifs is 5. The lowest BCUT2D eigenvalue weighted by Gasteiger charge is -2.48. The zero-order chi connectivity index (χ0) is 20.3. The van der Waals surface area contributed by atoms with E-state index in [0.717, 1.165) is 0 Å². The number of halogens is 4. The molecule has 0 aromatic carbocycles. The molecule has 4 rings (SSSR count). The first-order chi connectivity index (χ1) is 13.3. The van der Waals surface area contributed by atoms with Crippen LogP contribution in [0.25, 0.3) is 11.0 Å². The molecule has 11 heteroatoms. The van der Waals surface area contributed by atoms with E-state index in [0.29, 0.717) is 29.8 Å². The van der Waals surface area contributed by atoms with Crippen LogP contribution in [-0.4, -0.2) is 55.2 Å². The number of alkyl halides is 1. The lowest BCUT2D eigenvalue weighted by molar-refractivity contribution is -0.120. The van der Waals surface area contributed by atoms with Gasteiger partial charge in [0, 0.05) is 47.4 Å². The van der Waals surface area contributed by atoms with Gasteiger partial charge < -0.3 is 9.80 Å². The van der Waals surface area contributed by atoms with Crippen molar-refractivity contribution in [3.63, 3.8) is 0 Å². The fourth-order valence-electron chi connectivity index (χ4n) is 3.84. The van der Waals surface area contributed by atoms with Gasteiger partial charge in [-0.15, -0.1) is 0 Å². The van der Waals surface area contributed by atoms with E-state index in [2.05, 4.69) is 27.8 Å². The molecule has 150 valence electrons. The largest absolute Gasteiger partial charge is 0.354 e. The van der Waals surface area contributed by atoms with Crippen molar-refractivity contribution in [3.05, 3.63) is 27.9 Å². The average Bonchev–Trinajstić information content (AvgIpc) is 2.65. The van der Waals surface area contributed by atoms with Crippen LogP contribution in [0.4, 0.5) is 20.2 Å². The molecule has 0 aliphatic carbocycles. The van der Waals surface area contributed by atoms with Gasteiger partial charge in [0.1, 0.15) is 24.2 Å². The minimum Gasteiger partial charge on any atom is -0.354 e. The third-order valence-electron chi connectivity index (χ3n) is 5.26. The lowest BCUT2D eigenvalue weighted by atomic mass is 10.0. The van der Waals surface area contributed by atoms with Gasteiger partial charge in [0.15, 0.2) is 5.65 Å². The van der Waals surface area contributed by atoms with Gasteiger partial charge in [-0.2, -0.15) is 0 Å². The summed E-state index contributed by atoms with van der Waals surface area (Å²) < 4.78 is 31.0. The molecule has 1 fully saturated rings. The zero-order valence-corrected chi connectivity index (χ0v) is 19.4. The van der Waals surface area contributed by atoms with Crippen LogP contribution in [0.3, 0.4) is 0 Å². The van der Waals surface area contributed by atoms with E-state index < -0.39 is 24.1 Å². The number of aromatic nitrogens is 2. The standard InChI is InChI=1S/C17H17F2I2N5O2/c1-8-6-24-12(7-25(8)20)16(27)23(4-3-18)14-13(24)10-5-11(19)9(2)22-15(10)26(21)17(14)28/h5,8,12H,3-4,6-7H2,1-2H3. The molecule has 2 aliphatic heterocycles. The number of aryl methyl sites for hydroxylation is 1. The van der Waals surface area contributed by atoms with Crippen LogP contribution in [0.2, 0.25) is 0 Å². The van der Waals surface area contributed by atoms with E-state index in [9.17, 15) is 18.4 Å². The highest BCUT2D eigenvalue weighted by Crippen LogP contribution is 2.42. The number of hydrogen-bond acceptors (Lipinski definition) is 5. The Morgan fingerprint density at radius 1 is 1.25 bits per heavy atom. The van der Waals surface area contributed by atoms with Crippen LogP contribution in [0.5, 0.6) is 0 Å². The molecular formula is C17H17F2I2N5O2. The zero-order valence-electron chi connectivity index (χ0n) is 15.1. The molecule has 2 aromatic rings. The Bertz CT molecular complexity index is 1050. The van der Waals surface area contributed by atoms with E-state index in [1.807, 2.05) is 14.9 Å². The van der Waals surface area contributed by atoms with Crippen LogP contribution in [0.1, 0.15) is 12.6 Å². The topological polar surface area (TPSA) is 61.7 Å². The van der Waals surface area contributed by atoms with Crippen molar-refractivity contribution in [1.82, 2.24) is 10.9 Å². The third-order valence-corrected chi connectivity index (χ3v) is 7.50. The summed E-state index contributed by atoms with van der Waals surface area (Å²) in [6.45, 7) is 3.48. The maximum Gasteiger partial charge on any atom is 0.287 e. The van der Waals surface area contributed by atoms with Gasteiger partial charge in [-0.25, -0.2) is 19.7 Å². The molecule has 0 spiro atoms. The molecule has 28 heavy (non-hydrogen) atoms. The van der Waals surface area contributed by atoms with E-state index >= 15 is 0 Å². The summed E-state index contributed by atoms with van der Waals surface area (Å²) in [5.41, 5.74) is 0.632. The summed E-state index contributed by atoms with van der Waals surface area (Å²) in [7, 11) is 0. The molecule has 4 heterocycles. The van der Waals surface area contributed by atoms with Crippen LogP contribution in [-0.2, 0) is 4.79 Å². The van der Waals surface area contributed by atoms with Gasteiger partial charge in [0.25, 0.3) is 11.5 Å². The highest BCUT2D eigenvalue weighted by Gasteiger charge is 2.45. The van der Waals surface area contributed by atoms with E-state index in [1.54, 1.807) is 22.9 Å². The molecule has 2 aliphatic rings. The second-order valence-corrected chi connectivity index (χ2v) is 9.19. The quantitative estimate of drug-likeness (QED) is 0.385. The summed E-state index contributed by atoms with van der Waals surface area (Å²) in [5, 5.41) is 0.447. The number of carbonyl (C=O) groups excluding carboxylic acids is 1. The van der Waals surface area contributed by atoms with Crippen LogP contribution >= 0.6 is 45.7 Å².